The Morgan fingerprint density at radius 1 is 0.720 bits per heavy atom. The molecule has 5 N–H and O–H groups in total. The number of benzene rings is 2. The molecule has 8 nitrogen and oxygen atoms in total. The molecule has 0 unspecified atom stereocenters. The van der Waals surface area contributed by atoms with Crippen LogP contribution in [-0.2, 0) is 0 Å². The molecular formula is C17H9NO7. The predicted octanol–water partition coefficient (Wildman–Crippen LogP) is 1.54. The summed E-state index contributed by atoms with van der Waals surface area (Å²) in [4.78, 5) is 29.6. The summed E-state index contributed by atoms with van der Waals surface area (Å²) < 4.78 is 0. The first-order chi connectivity index (χ1) is 11.8. The van der Waals surface area contributed by atoms with E-state index in [9.17, 15) is 35.1 Å². The van der Waals surface area contributed by atoms with Crippen LogP contribution in [0.3, 0.4) is 0 Å². The van der Waals surface area contributed by atoms with Crippen molar-refractivity contribution >= 4 is 22.5 Å². The monoisotopic (exact) mass is 339 g/mol. The molecule has 1 aliphatic rings. The first kappa shape index (κ1) is 14.8. The van der Waals surface area contributed by atoms with Gasteiger partial charge in [-0.05, 0) is 6.07 Å². The minimum atomic E-state index is -1.02. The lowest BCUT2D eigenvalue weighted by Gasteiger charge is -2.22. The van der Waals surface area contributed by atoms with Crippen LogP contribution in [0.1, 0.15) is 31.8 Å². The number of carbonyl (C=O) groups is 2. The van der Waals surface area contributed by atoms with Crippen LogP contribution >= 0.6 is 0 Å². The van der Waals surface area contributed by atoms with Gasteiger partial charge < -0.3 is 25.5 Å². The minimum Gasteiger partial charge on any atom is -0.507 e. The second-order valence-electron chi connectivity index (χ2n) is 5.52. The quantitative estimate of drug-likeness (QED) is 0.239. The van der Waals surface area contributed by atoms with Crippen LogP contribution in [0.15, 0.2) is 24.4 Å². The van der Waals surface area contributed by atoms with Crippen molar-refractivity contribution in [2.45, 2.75) is 0 Å². The Kier molecular flexibility index (Phi) is 2.72. The Balaban J connectivity index is 2.23. The van der Waals surface area contributed by atoms with Crippen molar-refractivity contribution in [1.82, 2.24) is 4.98 Å². The Morgan fingerprint density at radius 2 is 1.36 bits per heavy atom. The number of aromatic nitrogens is 1. The van der Waals surface area contributed by atoms with Crippen LogP contribution in [-0.4, -0.2) is 42.1 Å². The number of phenolic OH excluding ortho intramolecular Hbond substituents is 5. The molecule has 0 radical (unpaired) electrons. The van der Waals surface area contributed by atoms with Gasteiger partial charge in [0.2, 0.25) is 5.78 Å². The molecule has 0 saturated heterocycles. The van der Waals surface area contributed by atoms with Gasteiger partial charge in [-0.25, -0.2) is 0 Å². The second-order valence-corrected chi connectivity index (χ2v) is 5.52. The zero-order valence-corrected chi connectivity index (χ0v) is 12.3. The summed E-state index contributed by atoms with van der Waals surface area (Å²) in [5.74, 6) is -5.83. The average molecular weight is 339 g/mol. The first-order valence-electron chi connectivity index (χ1n) is 7.04. The summed E-state index contributed by atoms with van der Waals surface area (Å²) in [7, 11) is 0. The summed E-state index contributed by atoms with van der Waals surface area (Å²) in [6.45, 7) is 0. The third-order valence-corrected chi connectivity index (χ3v) is 4.18. The highest BCUT2D eigenvalue weighted by Gasteiger charge is 2.40. The van der Waals surface area contributed by atoms with E-state index in [0.717, 1.165) is 6.07 Å². The summed E-state index contributed by atoms with van der Waals surface area (Å²) >= 11 is 0. The molecule has 3 aromatic rings. The molecular weight excluding hydrogens is 330 g/mol. The van der Waals surface area contributed by atoms with E-state index in [1.54, 1.807) is 0 Å². The largest absolute Gasteiger partial charge is 0.507 e. The van der Waals surface area contributed by atoms with Crippen LogP contribution in [0.5, 0.6) is 28.7 Å². The van der Waals surface area contributed by atoms with Gasteiger partial charge in [0.1, 0.15) is 11.3 Å². The number of nitrogens with zero attached hydrogens (tertiary/aromatic N) is 1. The van der Waals surface area contributed by atoms with Gasteiger partial charge >= 0.3 is 0 Å². The molecule has 1 aromatic heterocycles. The van der Waals surface area contributed by atoms with Crippen molar-refractivity contribution in [2.24, 2.45) is 0 Å². The fraction of sp³-hybridized carbons (Fsp3) is 0. The lowest BCUT2D eigenvalue weighted by Crippen LogP contribution is -2.22. The number of hydrogen-bond acceptors (Lipinski definition) is 8. The molecule has 0 atom stereocenters. The van der Waals surface area contributed by atoms with Crippen molar-refractivity contribution in [3.63, 3.8) is 0 Å². The van der Waals surface area contributed by atoms with E-state index in [0.29, 0.717) is 0 Å². The summed E-state index contributed by atoms with van der Waals surface area (Å²) in [5.41, 5.74) is -2.02. The van der Waals surface area contributed by atoms with E-state index in [2.05, 4.69) is 4.98 Å². The molecule has 0 spiro atoms. The third-order valence-electron chi connectivity index (χ3n) is 4.18. The lowest BCUT2D eigenvalue weighted by molar-refractivity contribution is 0.0972. The number of carbonyl (C=O) groups excluding carboxylic acids is 2. The highest BCUT2D eigenvalue weighted by Crippen LogP contribution is 2.48. The maximum atomic E-state index is 12.9. The molecule has 0 bridgehead atoms. The molecule has 124 valence electrons. The van der Waals surface area contributed by atoms with Gasteiger partial charge in [0.05, 0.1) is 16.7 Å². The van der Waals surface area contributed by atoms with E-state index in [1.807, 2.05) is 0 Å². The Morgan fingerprint density at radius 3 is 2.08 bits per heavy atom. The molecule has 1 heterocycles. The normalized spacial score (nSPS) is 13.0. The number of phenols is 5. The van der Waals surface area contributed by atoms with Gasteiger partial charge in [0.15, 0.2) is 28.8 Å². The maximum absolute atomic E-state index is 12.9. The van der Waals surface area contributed by atoms with E-state index in [1.165, 1.54) is 18.3 Å². The van der Waals surface area contributed by atoms with E-state index in [-0.39, 0.29) is 16.5 Å². The molecule has 0 aliphatic heterocycles. The van der Waals surface area contributed by atoms with Crippen LogP contribution < -0.4 is 0 Å². The molecule has 1 aliphatic carbocycles. The topological polar surface area (TPSA) is 148 Å². The highest BCUT2D eigenvalue weighted by atomic mass is 16.3. The zero-order chi connectivity index (χ0) is 18.0. The van der Waals surface area contributed by atoms with Crippen molar-refractivity contribution in [3.8, 4) is 28.7 Å². The molecule has 8 heteroatoms. The smallest absolute Gasteiger partial charge is 0.202 e. The third kappa shape index (κ3) is 1.67. The van der Waals surface area contributed by atoms with Gasteiger partial charge in [-0.15, -0.1) is 0 Å². The lowest BCUT2D eigenvalue weighted by atomic mass is 9.80. The molecule has 25 heavy (non-hydrogen) atoms. The van der Waals surface area contributed by atoms with Gasteiger partial charge in [0, 0.05) is 23.2 Å². The van der Waals surface area contributed by atoms with Crippen molar-refractivity contribution in [3.05, 3.63) is 46.6 Å². The van der Waals surface area contributed by atoms with Crippen molar-refractivity contribution in [1.29, 1.82) is 0 Å². The average Bonchev–Trinajstić information content (AvgIpc) is 2.59. The Bertz CT molecular complexity index is 1130. The van der Waals surface area contributed by atoms with Crippen molar-refractivity contribution < 1.29 is 35.1 Å². The fourth-order valence-corrected chi connectivity index (χ4v) is 3.08. The SMILES string of the molecule is O=C1c2c(O)c(O)cc(O)c2C(=O)c2c1c(O)c(O)c1ncccc21. The number of hydrogen-bond donors (Lipinski definition) is 5. The summed E-state index contributed by atoms with van der Waals surface area (Å²) in [5, 5.41) is 50.0. The number of aromatic hydroxyl groups is 5. The van der Waals surface area contributed by atoms with E-state index >= 15 is 0 Å². The Hall–Kier alpha value is -3.81. The standard InChI is InChI=1S/C17H9NO7/c19-6-4-7(20)13(21)11-9(6)14(22)8-5-2-1-3-18-12(5)17(25)16(24)10(8)15(11)23/h1-4,19-21,24-25H. The van der Waals surface area contributed by atoms with Gasteiger partial charge in [-0.1, -0.05) is 6.07 Å². The van der Waals surface area contributed by atoms with Gasteiger partial charge in [0.25, 0.3) is 0 Å². The number of ketones is 2. The molecule has 0 amide bonds. The van der Waals surface area contributed by atoms with Gasteiger partial charge in [-0.2, -0.15) is 0 Å². The number of pyridine rings is 1. The maximum Gasteiger partial charge on any atom is 0.202 e. The predicted molar refractivity (Wildman–Crippen MR) is 83.4 cm³/mol. The summed E-state index contributed by atoms with van der Waals surface area (Å²) in [6.07, 6.45) is 1.33. The van der Waals surface area contributed by atoms with Gasteiger partial charge in [-0.3, -0.25) is 14.6 Å². The van der Waals surface area contributed by atoms with E-state index < -0.39 is 57.0 Å². The van der Waals surface area contributed by atoms with Crippen molar-refractivity contribution in [2.75, 3.05) is 0 Å². The summed E-state index contributed by atoms with van der Waals surface area (Å²) in [6, 6.07) is 3.64. The zero-order valence-electron chi connectivity index (χ0n) is 12.3. The second kappa shape index (κ2) is 4.60. The number of rotatable bonds is 0. The number of fused-ring (bicyclic) bond motifs is 4. The minimum absolute atomic E-state index is 0.0918. The van der Waals surface area contributed by atoms with Crippen LogP contribution in [0.2, 0.25) is 0 Å². The van der Waals surface area contributed by atoms with Crippen LogP contribution in [0, 0.1) is 0 Å². The molecule has 0 fully saturated rings. The fourth-order valence-electron chi connectivity index (χ4n) is 3.08. The van der Waals surface area contributed by atoms with Crippen LogP contribution in [0.25, 0.3) is 10.9 Å². The highest BCUT2D eigenvalue weighted by molar-refractivity contribution is 6.35. The Labute approximate surface area is 138 Å². The first-order valence-corrected chi connectivity index (χ1v) is 7.04. The van der Waals surface area contributed by atoms with E-state index in [4.69, 9.17) is 0 Å². The molecule has 2 aromatic carbocycles. The molecule has 0 saturated carbocycles. The van der Waals surface area contributed by atoms with Crippen LogP contribution in [0.4, 0.5) is 0 Å². The molecule has 4 rings (SSSR count).